The number of hydrogen-bond acceptors (Lipinski definition) is 4. The van der Waals surface area contributed by atoms with Gasteiger partial charge in [-0.3, -0.25) is 4.68 Å². The molecule has 3 rings (SSSR count). The summed E-state index contributed by atoms with van der Waals surface area (Å²) in [6.45, 7) is 8.09. The predicted molar refractivity (Wildman–Crippen MR) is 97.1 cm³/mol. The van der Waals surface area contributed by atoms with Crippen molar-refractivity contribution in [2.24, 2.45) is 5.73 Å². The predicted octanol–water partition coefficient (Wildman–Crippen LogP) is 2.80. The van der Waals surface area contributed by atoms with Gasteiger partial charge < -0.3 is 15.4 Å². The maximum atomic E-state index is 12.4. The minimum absolute atomic E-state index is 0.274. The normalized spacial score (nSPS) is 14.3. The second kappa shape index (κ2) is 6.88. The fraction of sp³-hybridized carbons (Fsp3) is 0.474. The molecular weight excluding hydrogens is 316 g/mol. The standard InChI is InChI=1S/C19H26N4O2/c1-19(2,3)25-18(24)22-10-11-23-17(13-22)16(12-21-23)15-6-4-14(5-7-15)8-9-20/h4-7,12H,8-11,13,20H2,1-3H3. The summed E-state index contributed by atoms with van der Waals surface area (Å²) in [5, 5.41) is 4.48. The molecule has 1 aromatic heterocycles. The Bertz CT molecular complexity index is 744. The van der Waals surface area contributed by atoms with Gasteiger partial charge in [0.2, 0.25) is 0 Å². The summed E-state index contributed by atoms with van der Waals surface area (Å²) in [6, 6.07) is 8.38. The number of amides is 1. The minimum atomic E-state index is -0.490. The summed E-state index contributed by atoms with van der Waals surface area (Å²) in [5.74, 6) is 0. The van der Waals surface area contributed by atoms with Crippen LogP contribution in [0, 0.1) is 0 Å². The molecule has 2 aromatic rings. The quantitative estimate of drug-likeness (QED) is 0.931. The molecule has 1 aliphatic heterocycles. The lowest BCUT2D eigenvalue weighted by Gasteiger charge is -2.30. The smallest absolute Gasteiger partial charge is 0.410 e. The van der Waals surface area contributed by atoms with Crippen molar-refractivity contribution in [3.8, 4) is 11.1 Å². The van der Waals surface area contributed by atoms with Gasteiger partial charge in [0.15, 0.2) is 0 Å². The molecule has 0 atom stereocenters. The highest BCUT2D eigenvalue weighted by Crippen LogP contribution is 2.28. The van der Waals surface area contributed by atoms with Crippen molar-refractivity contribution in [3.05, 3.63) is 41.7 Å². The largest absolute Gasteiger partial charge is 0.444 e. The zero-order valence-electron chi connectivity index (χ0n) is 15.2. The van der Waals surface area contributed by atoms with E-state index in [1.54, 1.807) is 4.90 Å². The maximum absolute atomic E-state index is 12.4. The summed E-state index contributed by atoms with van der Waals surface area (Å²) in [5.41, 5.74) is 9.56. The van der Waals surface area contributed by atoms with Crippen LogP contribution in [-0.4, -0.2) is 39.5 Å². The van der Waals surface area contributed by atoms with Crippen LogP contribution >= 0.6 is 0 Å². The van der Waals surface area contributed by atoms with Crippen molar-refractivity contribution < 1.29 is 9.53 Å². The number of rotatable bonds is 3. The van der Waals surface area contributed by atoms with E-state index in [0.717, 1.165) is 23.2 Å². The van der Waals surface area contributed by atoms with Gasteiger partial charge in [-0.2, -0.15) is 5.10 Å². The monoisotopic (exact) mass is 342 g/mol. The molecule has 25 heavy (non-hydrogen) atoms. The lowest BCUT2D eigenvalue weighted by molar-refractivity contribution is 0.0195. The number of benzene rings is 1. The lowest BCUT2D eigenvalue weighted by Crippen LogP contribution is -2.41. The van der Waals surface area contributed by atoms with Gasteiger partial charge in [-0.1, -0.05) is 24.3 Å². The fourth-order valence-electron chi connectivity index (χ4n) is 2.99. The summed E-state index contributed by atoms with van der Waals surface area (Å²) >= 11 is 0. The first-order chi connectivity index (χ1) is 11.9. The minimum Gasteiger partial charge on any atom is -0.444 e. The van der Waals surface area contributed by atoms with Gasteiger partial charge in [0, 0.05) is 12.1 Å². The SMILES string of the molecule is CC(C)(C)OC(=O)N1CCn2ncc(-c3ccc(CCN)cc3)c2C1. The second-order valence-corrected chi connectivity index (χ2v) is 7.37. The van der Waals surface area contributed by atoms with Gasteiger partial charge in [-0.05, 0) is 44.9 Å². The zero-order valence-corrected chi connectivity index (χ0v) is 15.2. The number of hydrogen-bond donors (Lipinski definition) is 1. The highest BCUT2D eigenvalue weighted by Gasteiger charge is 2.27. The van der Waals surface area contributed by atoms with Crippen LogP contribution in [0.1, 0.15) is 32.0 Å². The number of nitrogens with zero attached hydrogens (tertiary/aromatic N) is 3. The van der Waals surface area contributed by atoms with E-state index in [0.29, 0.717) is 26.2 Å². The van der Waals surface area contributed by atoms with Gasteiger partial charge in [-0.25, -0.2) is 4.79 Å². The second-order valence-electron chi connectivity index (χ2n) is 7.37. The number of ether oxygens (including phenoxy) is 1. The van der Waals surface area contributed by atoms with E-state index < -0.39 is 5.60 Å². The van der Waals surface area contributed by atoms with Gasteiger partial charge in [-0.15, -0.1) is 0 Å². The molecule has 0 unspecified atom stereocenters. The Balaban J connectivity index is 1.80. The molecule has 0 bridgehead atoms. The van der Waals surface area contributed by atoms with Crippen molar-refractivity contribution in [1.29, 1.82) is 0 Å². The first-order valence-corrected chi connectivity index (χ1v) is 8.69. The summed E-state index contributed by atoms with van der Waals surface area (Å²) in [6.07, 6.45) is 2.48. The van der Waals surface area contributed by atoms with E-state index in [4.69, 9.17) is 10.5 Å². The van der Waals surface area contributed by atoms with E-state index in [-0.39, 0.29) is 6.09 Å². The van der Waals surface area contributed by atoms with Crippen LogP contribution in [0.2, 0.25) is 0 Å². The van der Waals surface area contributed by atoms with Crippen LogP contribution in [0.3, 0.4) is 0 Å². The number of carbonyl (C=O) groups excluding carboxylic acids is 1. The molecule has 0 spiro atoms. The molecule has 6 heteroatoms. The van der Waals surface area contributed by atoms with Crippen molar-refractivity contribution in [2.45, 2.75) is 45.9 Å². The van der Waals surface area contributed by atoms with Crippen LogP contribution in [0.5, 0.6) is 0 Å². The molecular formula is C19H26N4O2. The van der Waals surface area contributed by atoms with E-state index in [1.807, 2.05) is 31.6 Å². The van der Waals surface area contributed by atoms with Crippen molar-refractivity contribution in [2.75, 3.05) is 13.1 Å². The molecule has 0 saturated heterocycles. The third-order valence-electron chi connectivity index (χ3n) is 4.22. The fourth-order valence-corrected chi connectivity index (χ4v) is 2.99. The van der Waals surface area contributed by atoms with Gasteiger partial charge in [0.05, 0.1) is 25.0 Å². The molecule has 0 fully saturated rings. The molecule has 0 saturated carbocycles. The average molecular weight is 342 g/mol. The van der Waals surface area contributed by atoms with Crippen LogP contribution in [0.25, 0.3) is 11.1 Å². The lowest BCUT2D eigenvalue weighted by atomic mass is 10.0. The first-order valence-electron chi connectivity index (χ1n) is 8.69. The molecule has 1 aliphatic rings. The number of fused-ring (bicyclic) bond motifs is 1. The van der Waals surface area contributed by atoms with Crippen molar-refractivity contribution in [1.82, 2.24) is 14.7 Å². The molecule has 1 aromatic carbocycles. The van der Waals surface area contributed by atoms with Crippen LogP contribution in [-0.2, 0) is 24.2 Å². The molecule has 2 N–H and O–H groups in total. The topological polar surface area (TPSA) is 73.4 Å². The van der Waals surface area contributed by atoms with Crippen LogP contribution in [0.15, 0.2) is 30.5 Å². The average Bonchev–Trinajstić information content (AvgIpc) is 2.97. The Morgan fingerprint density at radius 3 is 2.60 bits per heavy atom. The number of aromatic nitrogens is 2. The van der Waals surface area contributed by atoms with E-state index in [1.165, 1.54) is 5.56 Å². The van der Waals surface area contributed by atoms with Gasteiger partial charge >= 0.3 is 6.09 Å². The molecule has 6 nitrogen and oxygen atoms in total. The molecule has 1 amide bonds. The third-order valence-corrected chi connectivity index (χ3v) is 4.22. The van der Waals surface area contributed by atoms with Crippen LogP contribution < -0.4 is 5.73 Å². The first kappa shape index (κ1) is 17.5. The van der Waals surface area contributed by atoms with E-state index in [2.05, 4.69) is 29.4 Å². The van der Waals surface area contributed by atoms with Crippen molar-refractivity contribution >= 4 is 6.09 Å². The summed E-state index contributed by atoms with van der Waals surface area (Å²) in [7, 11) is 0. The molecule has 134 valence electrons. The zero-order chi connectivity index (χ0) is 18.0. The van der Waals surface area contributed by atoms with E-state index >= 15 is 0 Å². The third kappa shape index (κ3) is 4.02. The Morgan fingerprint density at radius 2 is 1.96 bits per heavy atom. The molecule has 0 radical (unpaired) electrons. The summed E-state index contributed by atoms with van der Waals surface area (Å²) in [4.78, 5) is 14.1. The van der Waals surface area contributed by atoms with Gasteiger partial charge in [0.1, 0.15) is 5.60 Å². The number of nitrogens with two attached hydrogens (primary N) is 1. The number of carbonyl (C=O) groups is 1. The van der Waals surface area contributed by atoms with Crippen LogP contribution in [0.4, 0.5) is 4.79 Å². The van der Waals surface area contributed by atoms with Gasteiger partial charge in [0.25, 0.3) is 0 Å². The van der Waals surface area contributed by atoms with Crippen molar-refractivity contribution in [3.63, 3.8) is 0 Å². The summed E-state index contributed by atoms with van der Waals surface area (Å²) < 4.78 is 7.48. The Kier molecular flexibility index (Phi) is 4.81. The molecule has 0 aliphatic carbocycles. The highest BCUT2D eigenvalue weighted by atomic mass is 16.6. The Labute approximate surface area is 148 Å². The highest BCUT2D eigenvalue weighted by molar-refractivity contribution is 5.70. The van der Waals surface area contributed by atoms with E-state index in [9.17, 15) is 4.79 Å². The molecule has 2 heterocycles. The Morgan fingerprint density at radius 1 is 1.24 bits per heavy atom. The Hall–Kier alpha value is -2.34. The maximum Gasteiger partial charge on any atom is 0.410 e.